The van der Waals surface area contributed by atoms with Crippen molar-refractivity contribution in [3.63, 3.8) is 0 Å². The second kappa shape index (κ2) is 12.9. The molecule has 12 aromatic rings. The molecule has 0 spiro atoms. The first-order chi connectivity index (χ1) is 28.8. The van der Waals surface area contributed by atoms with Gasteiger partial charge in [0.2, 0.25) is 0 Å². The first-order valence-corrected chi connectivity index (χ1v) is 19.6. The first kappa shape index (κ1) is 32.4. The Hall–Kier alpha value is -7.82. The molecule has 9 aromatic carbocycles. The Morgan fingerprint density at radius 2 is 0.759 bits per heavy atom. The average molecular weight is 744 g/mol. The number of rotatable bonds is 6. The predicted molar refractivity (Wildman–Crippen MR) is 239 cm³/mol. The molecule has 4 heteroatoms. The summed E-state index contributed by atoms with van der Waals surface area (Å²) in [4.78, 5) is 2.30. The van der Waals surface area contributed by atoms with E-state index in [0.29, 0.717) is 0 Å². The van der Waals surface area contributed by atoms with Crippen LogP contribution in [0.3, 0.4) is 0 Å². The summed E-state index contributed by atoms with van der Waals surface area (Å²) < 4.78 is 20.0. The van der Waals surface area contributed by atoms with Crippen LogP contribution in [0.25, 0.3) is 99.2 Å². The van der Waals surface area contributed by atoms with Gasteiger partial charge in [-0.1, -0.05) is 152 Å². The molecule has 0 saturated heterocycles. The molecule has 0 aliphatic rings. The standard InChI is InChI=1S/C54H33NO3/c1-3-12-34(13-4-1)35-24-28-38(29-25-35)55(47-22-11-21-44-42-19-9-17-40(51(42)57-53(44)47)36-14-5-2-6-15-36)39-30-26-37(27-31-39)41-18-10-20-43-45-32-33-49-50(54(45)58-52(41)43)46-16-7-8-23-48(46)56-49/h1-33H. The third-order valence-corrected chi connectivity index (χ3v) is 11.5. The molecule has 0 bridgehead atoms. The highest BCUT2D eigenvalue weighted by Crippen LogP contribution is 2.46. The molecule has 0 N–H and O–H groups in total. The topological polar surface area (TPSA) is 42.7 Å². The molecular weight excluding hydrogens is 711 g/mol. The van der Waals surface area contributed by atoms with Gasteiger partial charge in [0.05, 0.1) is 11.1 Å². The Bertz CT molecular complexity index is 3480. The smallest absolute Gasteiger partial charge is 0.159 e. The lowest BCUT2D eigenvalue weighted by atomic mass is 10.0. The van der Waals surface area contributed by atoms with Gasteiger partial charge >= 0.3 is 0 Å². The summed E-state index contributed by atoms with van der Waals surface area (Å²) in [5.74, 6) is 0. The summed E-state index contributed by atoms with van der Waals surface area (Å²) >= 11 is 0. The monoisotopic (exact) mass is 743 g/mol. The summed E-state index contributed by atoms with van der Waals surface area (Å²) in [7, 11) is 0. The summed E-state index contributed by atoms with van der Waals surface area (Å²) in [5, 5.41) is 6.38. The summed E-state index contributed by atoms with van der Waals surface area (Å²) in [6.07, 6.45) is 0. The van der Waals surface area contributed by atoms with E-state index in [9.17, 15) is 0 Å². The SMILES string of the molecule is c1ccc(-c2ccc(N(c3ccc(-c4cccc5c4oc4c5ccc5oc6ccccc6c54)cc3)c3cccc4c3oc3c(-c5ccccc5)cccc34)cc2)cc1. The molecule has 0 atom stereocenters. The van der Waals surface area contributed by atoms with Crippen molar-refractivity contribution in [3.8, 4) is 33.4 Å². The highest BCUT2D eigenvalue weighted by atomic mass is 16.3. The van der Waals surface area contributed by atoms with Crippen LogP contribution in [-0.4, -0.2) is 0 Å². The molecule has 3 heterocycles. The van der Waals surface area contributed by atoms with Gasteiger partial charge in [-0.15, -0.1) is 0 Å². The maximum absolute atomic E-state index is 6.95. The average Bonchev–Trinajstić information content (AvgIpc) is 3.99. The molecule has 3 aromatic heterocycles. The van der Waals surface area contributed by atoms with Crippen LogP contribution >= 0.6 is 0 Å². The van der Waals surface area contributed by atoms with E-state index >= 15 is 0 Å². The number of fused-ring (bicyclic) bond motifs is 10. The predicted octanol–water partition coefficient (Wildman–Crippen LogP) is 15.9. The van der Waals surface area contributed by atoms with E-state index in [1.807, 2.05) is 24.3 Å². The number of hydrogen-bond acceptors (Lipinski definition) is 4. The number of anilines is 3. The van der Waals surface area contributed by atoms with Crippen molar-refractivity contribution < 1.29 is 13.3 Å². The van der Waals surface area contributed by atoms with Crippen molar-refractivity contribution in [3.05, 3.63) is 200 Å². The zero-order chi connectivity index (χ0) is 38.2. The highest BCUT2D eigenvalue weighted by molar-refractivity contribution is 6.23. The van der Waals surface area contributed by atoms with E-state index in [4.69, 9.17) is 13.3 Å². The maximum atomic E-state index is 6.95. The lowest BCUT2D eigenvalue weighted by molar-refractivity contribution is 0.663. The van der Waals surface area contributed by atoms with E-state index in [1.54, 1.807) is 0 Å². The molecule has 12 rings (SSSR count). The van der Waals surface area contributed by atoms with E-state index in [2.05, 4.69) is 181 Å². The van der Waals surface area contributed by atoms with E-state index in [0.717, 1.165) is 111 Å². The Morgan fingerprint density at radius 3 is 1.43 bits per heavy atom. The summed E-state index contributed by atoms with van der Waals surface area (Å²) in [5.41, 5.74) is 14.7. The minimum Gasteiger partial charge on any atom is -0.456 e. The molecule has 0 saturated carbocycles. The molecular formula is C54H33NO3. The van der Waals surface area contributed by atoms with Gasteiger partial charge in [0.15, 0.2) is 5.58 Å². The molecule has 272 valence electrons. The lowest BCUT2D eigenvalue weighted by Gasteiger charge is -2.26. The van der Waals surface area contributed by atoms with Crippen LogP contribution in [0.15, 0.2) is 213 Å². The van der Waals surface area contributed by atoms with Crippen molar-refractivity contribution >= 4 is 82.9 Å². The molecule has 4 nitrogen and oxygen atoms in total. The van der Waals surface area contributed by atoms with Crippen LogP contribution in [0, 0.1) is 0 Å². The van der Waals surface area contributed by atoms with Crippen LogP contribution in [0.1, 0.15) is 0 Å². The Morgan fingerprint density at radius 1 is 0.276 bits per heavy atom. The largest absolute Gasteiger partial charge is 0.456 e. The second-order valence-electron chi connectivity index (χ2n) is 14.8. The second-order valence-corrected chi connectivity index (χ2v) is 14.8. The van der Waals surface area contributed by atoms with Gasteiger partial charge in [-0.2, -0.15) is 0 Å². The Balaban J connectivity index is 1.02. The van der Waals surface area contributed by atoms with Gasteiger partial charge in [0, 0.05) is 49.4 Å². The molecule has 0 amide bonds. The van der Waals surface area contributed by atoms with Gasteiger partial charge in [-0.3, -0.25) is 0 Å². The van der Waals surface area contributed by atoms with Crippen molar-refractivity contribution in [2.45, 2.75) is 0 Å². The van der Waals surface area contributed by atoms with Crippen LogP contribution in [0.5, 0.6) is 0 Å². The van der Waals surface area contributed by atoms with Crippen molar-refractivity contribution in [2.24, 2.45) is 0 Å². The van der Waals surface area contributed by atoms with Gasteiger partial charge < -0.3 is 18.2 Å². The van der Waals surface area contributed by atoms with Gasteiger partial charge in [0.1, 0.15) is 27.9 Å². The van der Waals surface area contributed by atoms with E-state index in [-0.39, 0.29) is 0 Å². The fraction of sp³-hybridized carbons (Fsp3) is 0. The minimum atomic E-state index is 0.825. The zero-order valence-electron chi connectivity index (χ0n) is 31.2. The third-order valence-electron chi connectivity index (χ3n) is 11.5. The van der Waals surface area contributed by atoms with Crippen molar-refractivity contribution in [1.29, 1.82) is 0 Å². The molecule has 0 aliphatic carbocycles. The third kappa shape index (κ3) is 5.02. The van der Waals surface area contributed by atoms with E-state index < -0.39 is 0 Å². The Kier molecular flexibility index (Phi) is 7.20. The fourth-order valence-corrected chi connectivity index (χ4v) is 8.77. The normalized spacial score (nSPS) is 11.8. The maximum Gasteiger partial charge on any atom is 0.159 e. The highest BCUT2D eigenvalue weighted by Gasteiger charge is 2.22. The number of nitrogens with zero attached hydrogens (tertiary/aromatic N) is 1. The van der Waals surface area contributed by atoms with Crippen LogP contribution in [0.4, 0.5) is 17.1 Å². The van der Waals surface area contributed by atoms with Crippen LogP contribution in [0.2, 0.25) is 0 Å². The van der Waals surface area contributed by atoms with Crippen molar-refractivity contribution in [2.75, 3.05) is 4.90 Å². The number of hydrogen-bond donors (Lipinski definition) is 0. The number of para-hydroxylation sites is 4. The fourth-order valence-electron chi connectivity index (χ4n) is 8.77. The van der Waals surface area contributed by atoms with Gasteiger partial charge in [0.25, 0.3) is 0 Å². The van der Waals surface area contributed by atoms with Gasteiger partial charge in [-0.25, -0.2) is 0 Å². The summed E-state index contributed by atoms with van der Waals surface area (Å²) in [6.45, 7) is 0. The van der Waals surface area contributed by atoms with Crippen LogP contribution < -0.4 is 4.90 Å². The number of furan rings is 3. The quantitative estimate of drug-likeness (QED) is 0.170. The van der Waals surface area contributed by atoms with Crippen molar-refractivity contribution in [1.82, 2.24) is 0 Å². The molecule has 0 aliphatic heterocycles. The Labute approximate surface area is 333 Å². The molecule has 0 fully saturated rings. The summed E-state index contributed by atoms with van der Waals surface area (Å²) in [6, 6.07) is 70.1. The van der Waals surface area contributed by atoms with E-state index in [1.165, 1.54) is 5.56 Å². The zero-order valence-corrected chi connectivity index (χ0v) is 31.2. The minimum absolute atomic E-state index is 0.825. The van der Waals surface area contributed by atoms with Crippen LogP contribution in [-0.2, 0) is 0 Å². The molecule has 0 radical (unpaired) electrons. The first-order valence-electron chi connectivity index (χ1n) is 19.6. The van der Waals surface area contributed by atoms with Gasteiger partial charge in [-0.05, 0) is 70.8 Å². The lowest BCUT2D eigenvalue weighted by Crippen LogP contribution is -2.10. The number of benzene rings is 9. The molecule has 58 heavy (non-hydrogen) atoms. The molecule has 0 unspecified atom stereocenters.